The number of amides is 1. The predicted octanol–water partition coefficient (Wildman–Crippen LogP) is 6.34. The smallest absolute Gasteiger partial charge is 0.252 e. The van der Waals surface area contributed by atoms with Gasteiger partial charge < -0.3 is 10.1 Å². The number of aromatic nitrogens is 3. The standard InChI is InChI=1S/C30H33ClFN5O2S/c1-4-5-6-7-8-20(2)39-24-11-13-37(14-12-24)27(28-21(3)36-19-40-28)18-35-30(38)25-15-22(9-10-26(25)31)29-33-16-23(32)17-34-29/h4-10,15-17,19-20,24,27H,1,11-14,18H2,2-3H3,(H,35,38)/b6-5-,8-7-. The van der Waals surface area contributed by atoms with Crippen LogP contribution in [0.25, 0.3) is 11.4 Å². The predicted molar refractivity (Wildman–Crippen MR) is 158 cm³/mol. The summed E-state index contributed by atoms with van der Waals surface area (Å²) >= 11 is 7.99. The normalized spacial score (nSPS) is 16.4. The monoisotopic (exact) mass is 581 g/mol. The van der Waals surface area contributed by atoms with E-state index in [4.69, 9.17) is 16.3 Å². The summed E-state index contributed by atoms with van der Waals surface area (Å²) in [5, 5.41) is 3.39. The lowest BCUT2D eigenvalue weighted by Crippen LogP contribution is -2.44. The summed E-state index contributed by atoms with van der Waals surface area (Å²) in [7, 11) is 0. The summed E-state index contributed by atoms with van der Waals surface area (Å²) in [5.74, 6) is -0.516. The Hall–Kier alpha value is -3.24. The topological polar surface area (TPSA) is 80.2 Å². The Morgan fingerprint density at radius 1 is 1.25 bits per heavy atom. The largest absolute Gasteiger partial charge is 0.371 e. The summed E-state index contributed by atoms with van der Waals surface area (Å²) in [6.07, 6.45) is 13.7. The van der Waals surface area contributed by atoms with E-state index in [9.17, 15) is 9.18 Å². The van der Waals surface area contributed by atoms with Gasteiger partial charge in [0, 0.05) is 30.1 Å². The summed E-state index contributed by atoms with van der Waals surface area (Å²) in [4.78, 5) is 29.3. The molecule has 210 valence electrons. The van der Waals surface area contributed by atoms with Crippen LogP contribution in [0.2, 0.25) is 5.02 Å². The average molecular weight is 582 g/mol. The van der Waals surface area contributed by atoms with Crippen LogP contribution >= 0.6 is 22.9 Å². The Balaban J connectivity index is 1.41. The van der Waals surface area contributed by atoms with E-state index in [1.54, 1.807) is 35.6 Å². The fourth-order valence-corrected chi connectivity index (χ4v) is 5.78. The second-order valence-corrected chi connectivity index (χ2v) is 10.8. The maximum atomic E-state index is 13.3. The lowest BCUT2D eigenvalue weighted by atomic mass is 10.0. The highest BCUT2D eigenvalue weighted by Gasteiger charge is 2.29. The number of likely N-dealkylation sites (tertiary alicyclic amines) is 1. The van der Waals surface area contributed by atoms with Crippen LogP contribution < -0.4 is 5.32 Å². The van der Waals surface area contributed by atoms with Gasteiger partial charge in [-0.25, -0.2) is 19.3 Å². The minimum atomic E-state index is -0.529. The van der Waals surface area contributed by atoms with Crippen LogP contribution in [0.4, 0.5) is 4.39 Å². The molecule has 1 fully saturated rings. The third kappa shape index (κ3) is 7.91. The molecule has 1 aliphatic rings. The Morgan fingerprint density at radius 2 is 2.00 bits per heavy atom. The maximum Gasteiger partial charge on any atom is 0.252 e. The van der Waals surface area contributed by atoms with E-state index >= 15 is 0 Å². The van der Waals surface area contributed by atoms with Crippen LogP contribution in [0, 0.1) is 12.7 Å². The third-order valence-electron chi connectivity index (χ3n) is 6.70. The first-order valence-electron chi connectivity index (χ1n) is 13.2. The summed E-state index contributed by atoms with van der Waals surface area (Å²) in [6, 6.07) is 4.93. The van der Waals surface area contributed by atoms with Crippen LogP contribution in [0.15, 0.2) is 73.1 Å². The number of hydrogen-bond acceptors (Lipinski definition) is 7. The molecule has 1 amide bonds. The van der Waals surface area contributed by atoms with Crippen molar-refractivity contribution < 1.29 is 13.9 Å². The molecule has 0 aliphatic carbocycles. The molecule has 1 aromatic carbocycles. The molecule has 3 heterocycles. The fourth-order valence-electron chi connectivity index (χ4n) is 4.64. The van der Waals surface area contributed by atoms with Crippen LogP contribution in [0.1, 0.15) is 46.7 Å². The van der Waals surface area contributed by atoms with Crippen molar-refractivity contribution in [3.05, 3.63) is 100 Å². The minimum Gasteiger partial charge on any atom is -0.371 e. The highest BCUT2D eigenvalue weighted by Crippen LogP contribution is 2.31. The van der Waals surface area contributed by atoms with Crippen molar-refractivity contribution in [2.75, 3.05) is 19.6 Å². The molecule has 2 atom stereocenters. The van der Waals surface area contributed by atoms with Crippen molar-refractivity contribution in [3.63, 3.8) is 0 Å². The van der Waals surface area contributed by atoms with E-state index in [0.29, 0.717) is 28.5 Å². The molecule has 0 saturated carbocycles. The molecule has 4 rings (SSSR count). The molecule has 10 heteroatoms. The molecule has 2 aromatic heterocycles. The lowest BCUT2D eigenvalue weighted by molar-refractivity contribution is -0.0227. The van der Waals surface area contributed by atoms with Gasteiger partial charge in [0.05, 0.1) is 52.4 Å². The molecule has 1 saturated heterocycles. The second kappa shape index (κ2) is 14.4. The Morgan fingerprint density at radius 3 is 2.67 bits per heavy atom. The van der Waals surface area contributed by atoms with Gasteiger partial charge >= 0.3 is 0 Å². The van der Waals surface area contributed by atoms with E-state index in [-0.39, 0.29) is 24.2 Å². The zero-order valence-corrected chi connectivity index (χ0v) is 24.2. The van der Waals surface area contributed by atoms with Crippen molar-refractivity contribution in [1.29, 1.82) is 0 Å². The fraction of sp³-hybridized carbons (Fsp3) is 0.333. The van der Waals surface area contributed by atoms with Gasteiger partial charge in [-0.05, 0) is 44.9 Å². The van der Waals surface area contributed by atoms with E-state index < -0.39 is 5.82 Å². The molecule has 3 aromatic rings. The van der Waals surface area contributed by atoms with Crippen molar-refractivity contribution in [1.82, 2.24) is 25.2 Å². The number of aryl methyl sites for hydroxylation is 1. The van der Waals surface area contributed by atoms with Crippen LogP contribution in [-0.4, -0.2) is 57.6 Å². The molecule has 7 nitrogen and oxygen atoms in total. The number of nitrogens with one attached hydrogen (secondary N) is 1. The van der Waals surface area contributed by atoms with Gasteiger partial charge in [-0.15, -0.1) is 11.3 Å². The number of nitrogens with zero attached hydrogens (tertiary/aromatic N) is 4. The SMILES string of the molecule is C=C/C=C\C=C/C(C)OC1CCN(C(CNC(=O)c2cc(-c3ncc(F)cn3)ccc2Cl)c2scnc2C)CC1. The zero-order valence-electron chi connectivity index (χ0n) is 22.6. The van der Waals surface area contributed by atoms with Gasteiger partial charge in [-0.1, -0.05) is 48.6 Å². The van der Waals surface area contributed by atoms with Gasteiger partial charge in [0.1, 0.15) is 0 Å². The first kappa shape index (κ1) is 29.7. The number of ether oxygens (including phenoxy) is 1. The number of halogens is 2. The van der Waals surface area contributed by atoms with Crippen LogP contribution in [-0.2, 0) is 4.74 Å². The average Bonchev–Trinajstić information content (AvgIpc) is 3.38. The van der Waals surface area contributed by atoms with Crippen molar-refractivity contribution in [2.24, 2.45) is 0 Å². The summed E-state index contributed by atoms with van der Waals surface area (Å²) in [5.41, 5.74) is 3.69. The van der Waals surface area contributed by atoms with Crippen molar-refractivity contribution in [3.8, 4) is 11.4 Å². The molecule has 1 aliphatic heterocycles. The van der Waals surface area contributed by atoms with Crippen molar-refractivity contribution in [2.45, 2.75) is 44.9 Å². The quantitative estimate of drug-likeness (QED) is 0.266. The number of allylic oxidation sites excluding steroid dienone is 4. The number of piperidine rings is 1. The number of thiazole rings is 1. The Kier molecular flexibility index (Phi) is 10.7. The molecule has 40 heavy (non-hydrogen) atoms. The van der Waals surface area contributed by atoms with Gasteiger partial charge in [0.2, 0.25) is 0 Å². The molecular formula is C30H33ClFN5O2S. The van der Waals surface area contributed by atoms with E-state index in [1.807, 2.05) is 43.7 Å². The summed E-state index contributed by atoms with van der Waals surface area (Å²) in [6.45, 7) is 9.79. The molecule has 2 unspecified atom stereocenters. The van der Waals surface area contributed by atoms with E-state index in [2.05, 4.69) is 31.7 Å². The lowest BCUT2D eigenvalue weighted by Gasteiger charge is -2.38. The highest BCUT2D eigenvalue weighted by atomic mass is 35.5. The van der Waals surface area contributed by atoms with Gasteiger partial charge in [-0.2, -0.15) is 0 Å². The first-order chi connectivity index (χ1) is 19.4. The second-order valence-electron chi connectivity index (χ2n) is 9.53. The molecule has 1 N–H and O–H groups in total. The minimum absolute atomic E-state index is 0.0191. The van der Waals surface area contributed by atoms with Crippen molar-refractivity contribution >= 4 is 28.8 Å². The van der Waals surface area contributed by atoms with E-state index in [0.717, 1.165) is 48.9 Å². The number of carbonyl (C=O) groups is 1. The Labute approximate surface area is 243 Å². The molecule has 0 spiro atoms. The van der Waals surface area contributed by atoms with Gasteiger partial charge in [0.25, 0.3) is 5.91 Å². The molecule has 0 bridgehead atoms. The third-order valence-corrected chi connectivity index (χ3v) is 8.06. The van der Waals surface area contributed by atoms with Crippen LogP contribution in [0.3, 0.4) is 0 Å². The van der Waals surface area contributed by atoms with Crippen LogP contribution in [0.5, 0.6) is 0 Å². The molecular weight excluding hydrogens is 549 g/mol. The van der Waals surface area contributed by atoms with Gasteiger partial charge in [-0.3, -0.25) is 9.69 Å². The number of hydrogen-bond donors (Lipinski definition) is 1. The highest BCUT2D eigenvalue weighted by molar-refractivity contribution is 7.09. The van der Waals surface area contributed by atoms with Gasteiger partial charge in [0.15, 0.2) is 11.6 Å². The number of rotatable bonds is 11. The Bertz CT molecular complexity index is 1350. The van der Waals surface area contributed by atoms with E-state index in [1.165, 1.54) is 0 Å². The number of benzene rings is 1. The first-order valence-corrected chi connectivity index (χ1v) is 14.4. The molecule has 0 radical (unpaired) electrons. The summed E-state index contributed by atoms with van der Waals surface area (Å²) < 4.78 is 19.5. The maximum absolute atomic E-state index is 13.3. The number of carbonyl (C=O) groups excluding carboxylic acids is 1. The zero-order chi connectivity index (χ0) is 28.5.